The van der Waals surface area contributed by atoms with E-state index in [0.717, 1.165) is 17.0 Å². The van der Waals surface area contributed by atoms with E-state index in [1.54, 1.807) is 6.20 Å². The van der Waals surface area contributed by atoms with Crippen LogP contribution in [0.25, 0.3) is 11.4 Å². The van der Waals surface area contributed by atoms with Gasteiger partial charge in [-0.25, -0.2) is 9.97 Å². The molecule has 0 saturated heterocycles. The van der Waals surface area contributed by atoms with Crippen molar-refractivity contribution in [2.45, 2.75) is 38.5 Å². The van der Waals surface area contributed by atoms with Gasteiger partial charge in [0.05, 0.1) is 11.8 Å². The van der Waals surface area contributed by atoms with E-state index in [0.29, 0.717) is 16.9 Å². The fraction of sp³-hybridized carbons (Fsp3) is 0.500. The highest BCUT2D eigenvalue weighted by Crippen LogP contribution is 2.34. The van der Waals surface area contributed by atoms with Crippen LogP contribution in [0.2, 0.25) is 5.15 Å². The Morgan fingerprint density at radius 3 is 2.63 bits per heavy atom. The molecule has 0 N–H and O–H groups in total. The first-order valence-corrected chi connectivity index (χ1v) is 7.06. The molecule has 2 aromatic heterocycles. The monoisotopic (exact) mass is 276 g/mol. The lowest BCUT2D eigenvalue weighted by atomic mass is 10.0. The van der Waals surface area contributed by atoms with Crippen LogP contribution in [0, 0.1) is 6.92 Å². The first-order valence-electron chi connectivity index (χ1n) is 6.68. The average Bonchev–Trinajstić information content (AvgIpc) is 3.01. The predicted octanol–water partition coefficient (Wildman–Crippen LogP) is 3.50. The van der Waals surface area contributed by atoms with Gasteiger partial charge in [-0.05, 0) is 25.8 Å². The fourth-order valence-electron chi connectivity index (χ4n) is 2.70. The van der Waals surface area contributed by atoms with Crippen LogP contribution in [0.3, 0.4) is 0 Å². The van der Waals surface area contributed by atoms with Gasteiger partial charge in [0.25, 0.3) is 0 Å². The van der Waals surface area contributed by atoms with Crippen molar-refractivity contribution >= 4 is 11.6 Å². The van der Waals surface area contributed by atoms with Gasteiger partial charge in [0.2, 0.25) is 0 Å². The van der Waals surface area contributed by atoms with Crippen LogP contribution in [0.5, 0.6) is 0 Å². The molecule has 2 aromatic rings. The molecule has 1 aliphatic carbocycles. The highest BCUT2D eigenvalue weighted by atomic mass is 35.5. The van der Waals surface area contributed by atoms with Crippen molar-refractivity contribution in [2.75, 3.05) is 0 Å². The van der Waals surface area contributed by atoms with E-state index >= 15 is 0 Å². The van der Waals surface area contributed by atoms with Crippen molar-refractivity contribution in [3.8, 4) is 11.4 Å². The van der Waals surface area contributed by atoms with E-state index in [9.17, 15) is 0 Å². The summed E-state index contributed by atoms with van der Waals surface area (Å²) < 4.78 is 1.83. The smallest absolute Gasteiger partial charge is 0.164 e. The summed E-state index contributed by atoms with van der Waals surface area (Å²) in [5.74, 6) is 1.23. The largest absolute Gasteiger partial charge is 0.272 e. The molecular formula is C14H17ClN4. The van der Waals surface area contributed by atoms with Crippen LogP contribution in [-0.2, 0) is 7.05 Å². The molecule has 0 bridgehead atoms. The lowest BCUT2D eigenvalue weighted by Gasteiger charge is -2.10. The van der Waals surface area contributed by atoms with Crippen LogP contribution in [0.1, 0.15) is 43.0 Å². The zero-order valence-electron chi connectivity index (χ0n) is 11.2. The molecule has 0 aromatic carbocycles. The lowest BCUT2D eigenvalue weighted by Crippen LogP contribution is -2.01. The summed E-state index contributed by atoms with van der Waals surface area (Å²) in [7, 11) is 1.92. The summed E-state index contributed by atoms with van der Waals surface area (Å²) in [5.41, 5.74) is 3.10. The number of rotatable bonds is 2. The number of halogens is 1. The van der Waals surface area contributed by atoms with Gasteiger partial charge in [-0.3, -0.25) is 4.68 Å². The lowest BCUT2D eigenvalue weighted by molar-refractivity contribution is 0.695. The molecule has 2 heterocycles. The van der Waals surface area contributed by atoms with E-state index in [4.69, 9.17) is 16.6 Å². The minimum Gasteiger partial charge on any atom is -0.272 e. The van der Waals surface area contributed by atoms with Gasteiger partial charge >= 0.3 is 0 Å². The number of hydrogen-bond acceptors (Lipinski definition) is 3. The third-order valence-corrected chi connectivity index (χ3v) is 4.16. The second kappa shape index (κ2) is 4.93. The molecule has 1 saturated carbocycles. The van der Waals surface area contributed by atoms with Gasteiger partial charge in [-0.1, -0.05) is 24.4 Å². The second-order valence-electron chi connectivity index (χ2n) is 5.19. The molecular weight excluding hydrogens is 260 g/mol. The van der Waals surface area contributed by atoms with Gasteiger partial charge in [0.15, 0.2) is 5.82 Å². The molecule has 100 valence electrons. The molecule has 4 nitrogen and oxygen atoms in total. The minimum absolute atomic E-state index is 0.523. The molecule has 5 heteroatoms. The Balaban J connectivity index is 2.04. The number of hydrogen-bond donors (Lipinski definition) is 0. The number of aromatic nitrogens is 4. The van der Waals surface area contributed by atoms with Crippen molar-refractivity contribution in [3.63, 3.8) is 0 Å². The molecule has 0 radical (unpaired) electrons. The van der Waals surface area contributed by atoms with Crippen LogP contribution in [0.15, 0.2) is 12.3 Å². The summed E-state index contributed by atoms with van der Waals surface area (Å²) in [6, 6.07) is 1.91. The SMILES string of the molecule is Cc1c(-c2nc(Cl)cc(C3CCCC3)n2)cnn1C. The topological polar surface area (TPSA) is 43.6 Å². The summed E-state index contributed by atoms with van der Waals surface area (Å²) >= 11 is 6.16. The summed E-state index contributed by atoms with van der Waals surface area (Å²) in [6.45, 7) is 2.02. The van der Waals surface area contributed by atoms with Crippen LogP contribution in [0.4, 0.5) is 0 Å². The van der Waals surface area contributed by atoms with Gasteiger partial charge in [0, 0.05) is 24.4 Å². The Kier molecular flexibility index (Phi) is 3.27. The Labute approximate surface area is 117 Å². The molecule has 3 rings (SSSR count). The molecule has 0 unspecified atom stereocenters. The Morgan fingerprint density at radius 2 is 2.00 bits per heavy atom. The predicted molar refractivity (Wildman–Crippen MR) is 75.2 cm³/mol. The molecule has 1 aliphatic rings. The van der Waals surface area contributed by atoms with Crippen molar-refractivity contribution in [3.05, 3.63) is 28.8 Å². The van der Waals surface area contributed by atoms with Crippen molar-refractivity contribution < 1.29 is 0 Å². The van der Waals surface area contributed by atoms with Crippen molar-refractivity contribution in [1.29, 1.82) is 0 Å². The zero-order valence-corrected chi connectivity index (χ0v) is 12.0. The van der Waals surface area contributed by atoms with Crippen molar-refractivity contribution in [2.24, 2.45) is 7.05 Å². The van der Waals surface area contributed by atoms with Crippen LogP contribution in [-0.4, -0.2) is 19.7 Å². The minimum atomic E-state index is 0.523. The molecule has 0 amide bonds. The maximum absolute atomic E-state index is 6.16. The second-order valence-corrected chi connectivity index (χ2v) is 5.58. The first-order chi connectivity index (χ1) is 9.15. The highest BCUT2D eigenvalue weighted by Gasteiger charge is 2.21. The summed E-state index contributed by atoms with van der Waals surface area (Å²) in [5, 5.41) is 4.77. The fourth-order valence-corrected chi connectivity index (χ4v) is 2.90. The Hall–Kier alpha value is -1.42. The number of aryl methyl sites for hydroxylation is 1. The van der Waals surface area contributed by atoms with Crippen LogP contribution >= 0.6 is 11.6 Å². The highest BCUT2D eigenvalue weighted by molar-refractivity contribution is 6.29. The molecule has 0 spiro atoms. The van der Waals surface area contributed by atoms with E-state index in [2.05, 4.69) is 10.1 Å². The average molecular weight is 277 g/mol. The van der Waals surface area contributed by atoms with E-state index < -0.39 is 0 Å². The number of nitrogens with zero attached hydrogens (tertiary/aromatic N) is 4. The van der Waals surface area contributed by atoms with Crippen molar-refractivity contribution in [1.82, 2.24) is 19.7 Å². The maximum atomic E-state index is 6.16. The van der Waals surface area contributed by atoms with Gasteiger partial charge in [0.1, 0.15) is 5.15 Å². The standard InChI is InChI=1S/C14H17ClN4/c1-9-11(8-16-19(9)2)14-17-12(7-13(15)18-14)10-5-3-4-6-10/h7-8,10H,3-6H2,1-2H3. The summed E-state index contributed by atoms with van der Waals surface area (Å²) in [6.07, 6.45) is 6.79. The zero-order chi connectivity index (χ0) is 13.4. The third-order valence-electron chi connectivity index (χ3n) is 3.96. The maximum Gasteiger partial charge on any atom is 0.164 e. The van der Waals surface area contributed by atoms with E-state index in [1.165, 1.54) is 25.7 Å². The third kappa shape index (κ3) is 2.37. The normalized spacial score (nSPS) is 16.2. The van der Waals surface area contributed by atoms with Crippen LogP contribution < -0.4 is 0 Å². The summed E-state index contributed by atoms with van der Waals surface area (Å²) in [4.78, 5) is 9.06. The van der Waals surface area contributed by atoms with Gasteiger partial charge in [-0.2, -0.15) is 5.10 Å². The quantitative estimate of drug-likeness (QED) is 0.789. The van der Waals surface area contributed by atoms with Gasteiger partial charge in [-0.15, -0.1) is 0 Å². The Bertz CT molecular complexity index is 599. The molecule has 1 fully saturated rings. The first kappa shape index (κ1) is 12.6. The molecule has 0 atom stereocenters. The van der Waals surface area contributed by atoms with E-state index in [1.807, 2.05) is 24.7 Å². The van der Waals surface area contributed by atoms with E-state index in [-0.39, 0.29) is 0 Å². The van der Waals surface area contributed by atoms with Gasteiger partial charge < -0.3 is 0 Å². The Morgan fingerprint density at radius 1 is 1.26 bits per heavy atom. The molecule has 19 heavy (non-hydrogen) atoms. The molecule has 0 aliphatic heterocycles.